The van der Waals surface area contributed by atoms with Gasteiger partial charge in [-0.15, -0.1) is 9.24 Å². The van der Waals surface area contributed by atoms with Crippen LogP contribution in [0.4, 0.5) is 0 Å². The first-order valence-electron chi connectivity index (χ1n) is 3.58. The average Bonchev–Trinajstić information content (AvgIpc) is 2.18. The zero-order valence-corrected chi connectivity index (χ0v) is 8.53. The molecule has 6 nitrogen and oxygen atoms in total. The zero-order valence-electron chi connectivity index (χ0n) is 7.37. The molecule has 0 bridgehead atoms. The molecule has 2 unspecified atom stereocenters. The van der Waals surface area contributed by atoms with E-state index in [1.165, 1.54) is 0 Å². The highest BCUT2D eigenvalue weighted by atomic mass is 31.0. The van der Waals surface area contributed by atoms with Gasteiger partial charge in [0.1, 0.15) is 0 Å². The first kappa shape index (κ1) is 18.9. The van der Waals surface area contributed by atoms with Crippen LogP contribution < -0.4 is 0 Å². The highest BCUT2D eigenvalue weighted by Crippen LogP contribution is 1.87. The summed E-state index contributed by atoms with van der Waals surface area (Å²) >= 11 is 0. The SMILES string of the molecule is OCC(O)P.OCCO.OCCO. The molecule has 0 spiro atoms. The fraction of sp³-hybridized carbons (Fsp3) is 1.00. The second-order valence-electron chi connectivity index (χ2n) is 1.64. The third-order valence-corrected chi connectivity index (χ3v) is 0.598. The number of hydrogen-bond acceptors (Lipinski definition) is 6. The molecule has 0 heterocycles. The van der Waals surface area contributed by atoms with Gasteiger partial charge in [0, 0.05) is 0 Å². The predicted octanol–water partition coefficient (Wildman–Crippen LogP) is -2.89. The molecule has 0 radical (unpaired) electrons. The maximum absolute atomic E-state index is 8.07. The Hall–Kier alpha value is 0.190. The lowest BCUT2D eigenvalue weighted by molar-refractivity contribution is 0.160. The standard InChI is InChI=1S/C2H7O2P.2C2H6O2/c3-1-2(4)5;2*3-1-2-4/h2-4H,1,5H2;2*3-4H,1-2H2. The minimum Gasteiger partial charge on any atom is -0.394 e. The molecule has 0 amide bonds. The first-order valence-corrected chi connectivity index (χ1v) is 4.25. The summed E-state index contributed by atoms with van der Waals surface area (Å²) in [6.07, 6.45) is 0. The summed E-state index contributed by atoms with van der Waals surface area (Å²) in [5.74, 6) is -0.644. The van der Waals surface area contributed by atoms with Crippen molar-refractivity contribution in [2.24, 2.45) is 0 Å². The molecule has 13 heavy (non-hydrogen) atoms. The highest BCUT2D eigenvalue weighted by molar-refractivity contribution is 7.17. The highest BCUT2D eigenvalue weighted by Gasteiger charge is 1.83. The molecular weight excluding hydrogens is 199 g/mol. The van der Waals surface area contributed by atoms with E-state index in [2.05, 4.69) is 0 Å². The average molecular weight is 218 g/mol. The van der Waals surface area contributed by atoms with Crippen LogP contribution in [0.25, 0.3) is 0 Å². The molecule has 0 saturated heterocycles. The Kier molecular flexibility index (Phi) is 33.0. The third-order valence-electron chi connectivity index (χ3n) is 0.387. The van der Waals surface area contributed by atoms with Crippen LogP contribution in [-0.2, 0) is 0 Å². The van der Waals surface area contributed by atoms with E-state index in [1.807, 2.05) is 9.24 Å². The van der Waals surface area contributed by atoms with Crippen LogP contribution in [0, 0.1) is 0 Å². The fourth-order valence-corrected chi connectivity index (χ4v) is 0. The second-order valence-corrected chi connectivity index (χ2v) is 2.41. The Morgan fingerprint density at radius 2 is 0.923 bits per heavy atom. The molecule has 0 saturated carbocycles. The smallest absolute Gasteiger partial charge is 0.0903 e. The van der Waals surface area contributed by atoms with Crippen LogP contribution in [0.15, 0.2) is 0 Å². The number of rotatable bonds is 3. The van der Waals surface area contributed by atoms with Crippen LogP contribution >= 0.6 is 9.24 Å². The van der Waals surface area contributed by atoms with Crippen LogP contribution in [0.5, 0.6) is 0 Å². The molecule has 0 aliphatic carbocycles. The van der Waals surface area contributed by atoms with E-state index in [0.29, 0.717) is 0 Å². The fourth-order valence-electron chi connectivity index (χ4n) is 0. The van der Waals surface area contributed by atoms with E-state index < -0.39 is 5.85 Å². The van der Waals surface area contributed by atoms with E-state index in [4.69, 9.17) is 30.6 Å². The molecule has 0 aromatic rings. The zero-order chi connectivity index (χ0) is 11.1. The Morgan fingerprint density at radius 1 is 0.769 bits per heavy atom. The van der Waals surface area contributed by atoms with Crippen molar-refractivity contribution >= 4 is 9.24 Å². The summed E-state index contributed by atoms with van der Waals surface area (Å²) in [5.41, 5.74) is 0. The largest absolute Gasteiger partial charge is 0.394 e. The molecule has 6 N–H and O–H groups in total. The summed E-state index contributed by atoms with van der Waals surface area (Å²) in [5, 5.41) is 46.4. The Morgan fingerprint density at radius 3 is 0.923 bits per heavy atom. The van der Waals surface area contributed by atoms with Gasteiger partial charge in [-0.3, -0.25) is 0 Å². The monoisotopic (exact) mass is 218 g/mol. The van der Waals surface area contributed by atoms with Crippen molar-refractivity contribution in [3.8, 4) is 0 Å². The van der Waals surface area contributed by atoms with Gasteiger partial charge < -0.3 is 30.6 Å². The Labute approximate surface area is 79.7 Å². The molecule has 0 aliphatic heterocycles. The van der Waals surface area contributed by atoms with E-state index in [-0.39, 0.29) is 33.0 Å². The van der Waals surface area contributed by atoms with Gasteiger partial charge in [-0.2, -0.15) is 0 Å². The van der Waals surface area contributed by atoms with E-state index in [0.717, 1.165) is 0 Å². The Bertz CT molecular complexity index is 55.1. The quantitative estimate of drug-likeness (QED) is 0.283. The summed E-state index contributed by atoms with van der Waals surface area (Å²) < 4.78 is 0. The molecule has 0 aromatic heterocycles. The van der Waals surface area contributed by atoms with Gasteiger partial charge in [0.15, 0.2) is 0 Å². The van der Waals surface area contributed by atoms with Gasteiger partial charge in [0.05, 0.1) is 38.9 Å². The van der Waals surface area contributed by atoms with Crippen molar-refractivity contribution in [3.05, 3.63) is 0 Å². The van der Waals surface area contributed by atoms with Crippen molar-refractivity contribution in [2.45, 2.75) is 5.85 Å². The molecular formula is C6H19O6P. The molecule has 2 atom stereocenters. The lowest BCUT2D eigenvalue weighted by Crippen LogP contribution is -1.98. The van der Waals surface area contributed by atoms with Gasteiger partial charge in [0.2, 0.25) is 0 Å². The lowest BCUT2D eigenvalue weighted by Gasteiger charge is -1.90. The van der Waals surface area contributed by atoms with Crippen molar-refractivity contribution in [2.75, 3.05) is 33.0 Å². The molecule has 84 valence electrons. The molecule has 0 fully saturated rings. The predicted molar refractivity (Wildman–Crippen MR) is 51.1 cm³/mol. The van der Waals surface area contributed by atoms with Crippen molar-refractivity contribution < 1.29 is 30.6 Å². The molecule has 0 aliphatic rings. The summed E-state index contributed by atoms with van der Waals surface area (Å²) in [6, 6.07) is 0. The lowest BCUT2D eigenvalue weighted by atomic mass is 10.8. The third kappa shape index (κ3) is 72.1. The van der Waals surface area contributed by atoms with Crippen LogP contribution in [0.2, 0.25) is 0 Å². The summed E-state index contributed by atoms with van der Waals surface area (Å²) in [7, 11) is 2.04. The number of hydrogen-bond donors (Lipinski definition) is 6. The van der Waals surface area contributed by atoms with E-state index in [1.54, 1.807) is 0 Å². The van der Waals surface area contributed by atoms with Crippen molar-refractivity contribution in [1.82, 2.24) is 0 Å². The normalized spacial score (nSPS) is 10.4. The summed E-state index contributed by atoms with van der Waals surface area (Å²) in [6.45, 7) is -0.676. The van der Waals surface area contributed by atoms with Gasteiger partial charge in [-0.1, -0.05) is 0 Å². The maximum Gasteiger partial charge on any atom is 0.0903 e. The van der Waals surface area contributed by atoms with Crippen molar-refractivity contribution in [3.63, 3.8) is 0 Å². The topological polar surface area (TPSA) is 121 Å². The molecule has 0 rings (SSSR count). The van der Waals surface area contributed by atoms with Gasteiger partial charge >= 0.3 is 0 Å². The molecule has 0 aromatic carbocycles. The van der Waals surface area contributed by atoms with Crippen LogP contribution in [0.3, 0.4) is 0 Å². The van der Waals surface area contributed by atoms with Crippen LogP contribution in [0.1, 0.15) is 0 Å². The maximum atomic E-state index is 8.07. The number of aliphatic hydroxyl groups excluding tert-OH is 6. The van der Waals surface area contributed by atoms with Gasteiger partial charge in [-0.25, -0.2) is 0 Å². The minimum atomic E-state index is -0.644. The first-order chi connectivity index (χ1) is 6.10. The number of aliphatic hydroxyl groups is 6. The van der Waals surface area contributed by atoms with Crippen molar-refractivity contribution in [1.29, 1.82) is 0 Å². The molecule has 7 heteroatoms. The second kappa shape index (κ2) is 22.8. The van der Waals surface area contributed by atoms with Gasteiger partial charge in [0.25, 0.3) is 0 Å². The van der Waals surface area contributed by atoms with E-state index >= 15 is 0 Å². The Balaban J connectivity index is -0.000000117. The van der Waals surface area contributed by atoms with Crippen LogP contribution in [-0.4, -0.2) is 69.5 Å². The summed E-state index contributed by atoms with van der Waals surface area (Å²) in [4.78, 5) is 0. The van der Waals surface area contributed by atoms with Gasteiger partial charge in [-0.05, 0) is 0 Å². The minimum absolute atomic E-state index is 0.125. The van der Waals surface area contributed by atoms with E-state index in [9.17, 15) is 0 Å².